The molecule has 1 N–H and O–H groups in total. The maximum Gasteiger partial charge on any atom is 0.415 e. The molecule has 1 heterocycles. The number of benzene rings is 1. The Morgan fingerprint density at radius 1 is 1.24 bits per heavy atom. The highest BCUT2D eigenvalue weighted by molar-refractivity contribution is 5.78. The molecule has 2 rings (SSSR count). The minimum absolute atomic E-state index is 0.0278. The van der Waals surface area contributed by atoms with Gasteiger partial charge < -0.3 is 15.0 Å². The van der Waals surface area contributed by atoms with Gasteiger partial charge >= 0.3 is 6.09 Å². The van der Waals surface area contributed by atoms with E-state index in [0.29, 0.717) is 31.8 Å². The summed E-state index contributed by atoms with van der Waals surface area (Å²) >= 11 is 0. The van der Waals surface area contributed by atoms with Gasteiger partial charge in [0.15, 0.2) is 0 Å². The van der Waals surface area contributed by atoms with E-state index in [1.807, 2.05) is 6.07 Å². The maximum absolute atomic E-state index is 11.8. The van der Waals surface area contributed by atoms with Crippen LogP contribution in [0.1, 0.15) is 6.42 Å². The van der Waals surface area contributed by atoms with Crippen LogP contribution >= 0.6 is 0 Å². The number of nitrogens with one attached hydrogen (secondary N) is 1. The number of carbonyl (C=O) groups excluding carboxylic acids is 2. The number of amides is 2. The molecule has 1 aromatic carbocycles. The van der Waals surface area contributed by atoms with Crippen molar-refractivity contribution in [2.75, 3.05) is 19.6 Å². The van der Waals surface area contributed by atoms with E-state index < -0.39 is 6.09 Å². The summed E-state index contributed by atoms with van der Waals surface area (Å²) in [5.74, 6) is 0.487. The van der Waals surface area contributed by atoms with Crippen molar-refractivity contribution in [2.24, 2.45) is 0 Å². The maximum atomic E-state index is 11.8. The molecular formula is C12H14N2O3. The van der Waals surface area contributed by atoms with Crippen molar-refractivity contribution in [2.45, 2.75) is 6.42 Å². The molecule has 90 valence electrons. The topological polar surface area (TPSA) is 58.6 Å². The predicted octanol–water partition coefficient (Wildman–Crippen LogP) is 1.01. The molecule has 0 aliphatic carbocycles. The third kappa shape index (κ3) is 3.21. The zero-order valence-corrected chi connectivity index (χ0v) is 9.39. The fourth-order valence-corrected chi connectivity index (χ4v) is 1.60. The predicted molar refractivity (Wildman–Crippen MR) is 61.7 cm³/mol. The SMILES string of the molecule is O=C1CCN(C(=O)Oc2ccccc2)CCN1. The van der Waals surface area contributed by atoms with Crippen LogP contribution in [0.2, 0.25) is 0 Å². The van der Waals surface area contributed by atoms with Crippen LogP contribution in [0.15, 0.2) is 30.3 Å². The first-order valence-electron chi connectivity index (χ1n) is 5.54. The average molecular weight is 234 g/mol. The molecule has 1 aliphatic rings. The molecule has 5 nitrogen and oxygen atoms in total. The standard InChI is InChI=1S/C12H14N2O3/c15-11-6-8-14(9-7-13-11)12(16)17-10-4-2-1-3-5-10/h1-5H,6-9H2,(H,13,15). The quantitative estimate of drug-likeness (QED) is 0.788. The molecule has 2 amide bonds. The van der Waals surface area contributed by atoms with E-state index in [2.05, 4.69) is 5.32 Å². The van der Waals surface area contributed by atoms with Crippen LogP contribution in [-0.2, 0) is 4.79 Å². The normalized spacial score (nSPS) is 16.0. The number of carbonyl (C=O) groups is 2. The van der Waals surface area contributed by atoms with Gasteiger partial charge in [0.05, 0.1) is 0 Å². The van der Waals surface area contributed by atoms with Crippen molar-refractivity contribution >= 4 is 12.0 Å². The lowest BCUT2D eigenvalue weighted by Gasteiger charge is -2.18. The minimum atomic E-state index is -0.410. The molecule has 0 aromatic heterocycles. The van der Waals surface area contributed by atoms with Gasteiger partial charge in [-0.2, -0.15) is 0 Å². The van der Waals surface area contributed by atoms with Crippen molar-refractivity contribution in [1.82, 2.24) is 10.2 Å². The van der Waals surface area contributed by atoms with Crippen LogP contribution in [0.5, 0.6) is 5.75 Å². The fraction of sp³-hybridized carbons (Fsp3) is 0.333. The molecule has 0 saturated carbocycles. The molecule has 1 saturated heterocycles. The monoisotopic (exact) mass is 234 g/mol. The zero-order chi connectivity index (χ0) is 12.1. The summed E-state index contributed by atoms with van der Waals surface area (Å²) in [6, 6.07) is 8.90. The second-order valence-corrected chi connectivity index (χ2v) is 3.77. The molecule has 0 unspecified atom stereocenters. The highest BCUT2D eigenvalue weighted by atomic mass is 16.6. The van der Waals surface area contributed by atoms with E-state index in [0.717, 1.165) is 0 Å². The van der Waals surface area contributed by atoms with Crippen molar-refractivity contribution < 1.29 is 14.3 Å². The van der Waals surface area contributed by atoms with Crippen molar-refractivity contribution in [1.29, 1.82) is 0 Å². The summed E-state index contributed by atoms with van der Waals surface area (Å²) in [4.78, 5) is 24.4. The van der Waals surface area contributed by atoms with Gasteiger partial charge in [0.1, 0.15) is 5.75 Å². The number of para-hydroxylation sites is 1. The molecule has 1 fully saturated rings. The van der Waals surface area contributed by atoms with Gasteiger partial charge in [0, 0.05) is 26.1 Å². The summed E-state index contributed by atoms with van der Waals surface area (Å²) in [5.41, 5.74) is 0. The molecular weight excluding hydrogens is 220 g/mol. The number of hydrogen-bond acceptors (Lipinski definition) is 3. The van der Waals surface area contributed by atoms with E-state index in [-0.39, 0.29) is 5.91 Å². The molecule has 0 bridgehead atoms. The number of rotatable bonds is 1. The summed E-state index contributed by atoms with van der Waals surface area (Å²) in [6.45, 7) is 1.36. The zero-order valence-electron chi connectivity index (χ0n) is 9.39. The Morgan fingerprint density at radius 2 is 2.00 bits per heavy atom. The summed E-state index contributed by atoms with van der Waals surface area (Å²) in [5, 5.41) is 2.70. The van der Waals surface area contributed by atoms with Gasteiger partial charge in [0.2, 0.25) is 5.91 Å². The van der Waals surface area contributed by atoms with Gasteiger partial charge in [-0.1, -0.05) is 18.2 Å². The largest absolute Gasteiger partial charge is 0.415 e. The van der Waals surface area contributed by atoms with Crippen LogP contribution in [0.4, 0.5) is 4.79 Å². The van der Waals surface area contributed by atoms with Gasteiger partial charge in [-0.3, -0.25) is 4.79 Å². The molecule has 0 radical (unpaired) electrons. The first-order valence-corrected chi connectivity index (χ1v) is 5.54. The van der Waals surface area contributed by atoms with Crippen molar-refractivity contribution in [3.63, 3.8) is 0 Å². The number of hydrogen-bond donors (Lipinski definition) is 1. The van der Waals surface area contributed by atoms with E-state index in [9.17, 15) is 9.59 Å². The first-order chi connectivity index (χ1) is 8.25. The molecule has 0 spiro atoms. The first kappa shape index (κ1) is 11.4. The Labute approximate surface area is 99.4 Å². The average Bonchev–Trinajstić information content (AvgIpc) is 2.55. The molecule has 1 aliphatic heterocycles. The molecule has 5 heteroatoms. The van der Waals surface area contributed by atoms with E-state index in [1.54, 1.807) is 24.3 Å². The minimum Gasteiger partial charge on any atom is -0.410 e. The van der Waals surface area contributed by atoms with E-state index >= 15 is 0 Å². The Bertz CT molecular complexity index is 405. The van der Waals surface area contributed by atoms with Gasteiger partial charge in [-0.15, -0.1) is 0 Å². The van der Waals surface area contributed by atoms with Crippen LogP contribution in [0.3, 0.4) is 0 Å². The second-order valence-electron chi connectivity index (χ2n) is 3.77. The Kier molecular flexibility index (Phi) is 3.59. The second kappa shape index (κ2) is 5.34. The van der Waals surface area contributed by atoms with Crippen LogP contribution < -0.4 is 10.1 Å². The molecule has 0 atom stereocenters. The number of ether oxygens (including phenoxy) is 1. The lowest BCUT2D eigenvalue weighted by atomic mass is 10.3. The summed E-state index contributed by atoms with van der Waals surface area (Å²) in [7, 11) is 0. The van der Waals surface area contributed by atoms with Gasteiger partial charge in [-0.25, -0.2) is 4.79 Å². The smallest absolute Gasteiger partial charge is 0.410 e. The van der Waals surface area contributed by atoms with Gasteiger partial charge in [0.25, 0.3) is 0 Å². The highest BCUT2D eigenvalue weighted by Crippen LogP contribution is 2.10. The van der Waals surface area contributed by atoms with E-state index in [1.165, 1.54) is 4.90 Å². The van der Waals surface area contributed by atoms with Crippen molar-refractivity contribution in [3.8, 4) is 5.75 Å². The Balaban J connectivity index is 1.93. The van der Waals surface area contributed by atoms with Gasteiger partial charge in [-0.05, 0) is 12.1 Å². The molecule has 1 aromatic rings. The Morgan fingerprint density at radius 3 is 2.76 bits per heavy atom. The molecule has 17 heavy (non-hydrogen) atoms. The lowest BCUT2D eigenvalue weighted by molar-refractivity contribution is -0.120. The van der Waals surface area contributed by atoms with E-state index in [4.69, 9.17) is 4.74 Å². The van der Waals surface area contributed by atoms with Crippen LogP contribution in [-0.4, -0.2) is 36.5 Å². The van der Waals surface area contributed by atoms with Crippen LogP contribution in [0.25, 0.3) is 0 Å². The van der Waals surface area contributed by atoms with Crippen LogP contribution in [0, 0.1) is 0 Å². The Hall–Kier alpha value is -2.04. The van der Waals surface area contributed by atoms with Crippen molar-refractivity contribution in [3.05, 3.63) is 30.3 Å². The fourth-order valence-electron chi connectivity index (χ4n) is 1.60. The highest BCUT2D eigenvalue weighted by Gasteiger charge is 2.19. The summed E-state index contributed by atoms with van der Waals surface area (Å²) in [6.07, 6.45) is -0.0862. The lowest BCUT2D eigenvalue weighted by Crippen LogP contribution is -2.36. The number of nitrogens with zero attached hydrogens (tertiary/aromatic N) is 1. The summed E-state index contributed by atoms with van der Waals surface area (Å²) < 4.78 is 5.19. The third-order valence-corrected chi connectivity index (χ3v) is 2.52. The third-order valence-electron chi connectivity index (χ3n) is 2.52.